The van der Waals surface area contributed by atoms with Crippen LogP contribution in [0.2, 0.25) is 0 Å². The molecule has 0 fully saturated rings. The topological polar surface area (TPSA) is 74.7 Å². The van der Waals surface area contributed by atoms with Crippen molar-refractivity contribution in [3.05, 3.63) is 35.1 Å². The molecule has 0 unspecified atom stereocenters. The Hall–Kier alpha value is -1.56. The molecule has 0 bridgehead atoms. The zero-order valence-electron chi connectivity index (χ0n) is 13.1. The molecule has 0 amide bonds. The van der Waals surface area contributed by atoms with Gasteiger partial charge in [0.2, 0.25) is 10.9 Å². The van der Waals surface area contributed by atoms with Crippen molar-refractivity contribution >= 4 is 16.9 Å². The first-order chi connectivity index (χ1) is 9.65. The minimum atomic E-state index is -2.78. The number of aliphatic carboxylic acids is 1. The van der Waals surface area contributed by atoms with Crippen molar-refractivity contribution in [1.29, 1.82) is 0 Å². The fourth-order valence-electron chi connectivity index (χ4n) is 2.44. The number of carboxylic acids is 1. The largest absolute Gasteiger partial charge is 0.481 e. The number of nitrogens with zero attached hydrogens (tertiary/aromatic N) is 1. The molecule has 0 saturated heterocycles. The number of carboxylic acid groups (broad SMARTS) is 1. The van der Waals surface area contributed by atoms with Crippen molar-refractivity contribution in [2.24, 2.45) is 5.41 Å². The zero-order valence-corrected chi connectivity index (χ0v) is 14.0. The van der Waals surface area contributed by atoms with E-state index in [9.17, 15) is 18.3 Å². The highest BCUT2D eigenvalue weighted by Crippen LogP contribution is 2.36. The van der Waals surface area contributed by atoms with E-state index in [1.54, 1.807) is 33.8 Å². The van der Waals surface area contributed by atoms with Crippen LogP contribution in [0.5, 0.6) is 0 Å². The van der Waals surface area contributed by atoms with E-state index in [0.29, 0.717) is 12.1 Å². The van der Waals surface area contributed by atoms with Gasteiger partial charge in [-0.05, 0) is 52.2 Å². The highest BCUT2D eigenvalue weighted by atomic mass is 32.2. The van der Waals surface area contributed by atoms with E-state index in [1.807, 2.05) is 19.1 Å². The lowest BCUT2D eigenvalue weighted by Crippen LogP contribution is -2.38. The smallest absolute Gasteiger partial charge is 0.309 e. The minimum absolute atomic E-state index is 0.303. The Morgan fingerprint density at radius 2 is 1.95 bits per heavy atom. The molecule has 6 heteroatoms. The molecule has 0 radical (unpaired) electrons. The molecule has 1 N–H and O–H groups in total. The summed E-state index contributed by atoms with van der Waals surface area (Å²) in [6.45, 7) is 8.69. The molecule has 1 rings (SSSR count). The average Bonchev–Trinajstić information content (AvgIpc) is 2.39. The lowest BCUT2D eigenvalue weighted by atomic mass is 9.81. The normalized spacial score (nSPS) is 23.8. The van der Waals surface area contributed by atoms with E-state index in [-0.39, 0.29) is 6.04 Å². The number of rotatable bonds is 4. The van der Waals surface area contributed by atoms with E-state index in [1.165, 1.54) is 4.31 Å². The van der Waals surface area contributed by atoms with Gasteiger partial charge in [0.25, 0.3) is 0 Å². The summed E-state index contributed by atoms with van der Waals surface area (Å²) in [6, 6.07) is -0.375. The summed E-state index contributed by atoms with van der Waals surface area (Å²) < 4.78 is 24.5. The van der Waals surface area contributed by atoms with Gasteiger partial charge in [0.05, 0.1) is 17.2 Å². The van der Waals surface area contributed by atoms with Gasteiger partial charge in [-0.2, -0.15) is 0 Å². The molecular formula is C15H23NO4S. The summed E-state index contributed by atoms with van der Waals surface area (Å²) >= 11 is 0. The Bertz CT molecular complexity index is 589. The predicted octanol–water partition coefficient (Wildman–Crippen LogP) is 2.49. The Kier molecular flexibility index (Phi) is 5.39. The van der Waals surface area contributed by atoms with Crippen molar-refractivity contribution in [2.45, 2.75) is 47.1 Å². The molecule has 0 aromatic rings. The van der Waals surface area contributed by atoms with Gasteiger partial charge in [-0.25, -0.2) is 8.42 Å². The van der Waals surface area contributed by atoms with Crippen molar-refractivity contribution in [1.82, 2.24) is 4.31 Å². The lowest BCUT2D eigenvalue weighted by molar-refractivity contribution is -0.146. The highest BCUT2D eigenvalue weighted by Gasteiger charge is 2.35. The van der Waals surface area contributed by atoms with Crippen LogP contribution < -0.4 is 0 Å². The van der Waals surface area contributed by atoms with Crippen LogP contribution in [0.1, 0.15) is 41.0 Å². The first kappa shape index (κ1) is 17.5. The molecule has 0 aromatic heterocycles. The third-order valence-electron chi connectivity index (χ3n) is 3.77. The maximum atomic E-state index is 11.6. The third-order valence-corrected chi connectivity index (χ3v) is 4.69. The molecule has 21 heavy (non-hydrogen) atoms. The summed E-state index contributed by atoms with van der Waals surface area (Å²) in [7, 11) is -2.78. The molecule has 0 saturated carbocycles. The average molecular weight is 313 g/mol. The van der Waals surface area contributed by atoms with Gasteiger partial charge in [0.1, 0.15) is 0 Å². The molecule has 0 aliphatic carbocycles. The molecule has 1 aliphatic heterocycles. The monoisotopic (exact) mass is 313 g/mol. The number of hydrogen-bond acceptors (Lipinski definition) is 3. The summed E-state index contributed by atoms with van der Waals surface area (Å²) in [6.07, 6.45) is 5.80. The first-order valence-corrected chi connectivity index (χ1v) is 7.99. The number of allylic oxidation sites excluding steroid dienone is 3. The molecule has 0 spiro atoms. The van der Waals surface area contributed by atoms with E-state index >= 15 is 0 Å². The molecule has 1 atom stereocenters. The van der Waals surface area contributed by atoms with Crippen molar-refractivity contribution in [2.75, 3.05) is 0 Å². The van der Waals surface area contributed by atoms with Crippen LogP contribution >= 0.6 is 0 Å². The maximum Gasteiger partial charge on any atom is 0.309 e. The second-order valence-electron chi connectivity index (χ2n) is 5.76. The van der Waals surface area contributed by atoms with Crippen LogP contribution in [0.3, 0.4) is 0 Å². The highest BCUT2D eigenvalue weighted by molar-refractivity contribution is 7.70. The van der Waals surface area contributed by atoms with E-state index in [4.69, 9.17) is 0 Å². The molecule has 1 aliphatic rings. The van der Waals surface area contributed by atoms with Gasteiger partial charge in [0.15, 0.2) is 0 Å². The van der Waals surface area contributed by atoms with Crippen molar-refractivity contribution < 1.29 is 18.3 Å². The van der Waals surface area contributed by atoms with Crippen molar-refractivity contribution in [3.63, 3.8) is 0 Å². The standard InChI is InChI=1S/C15H23NO4S/c1-6-11-8-12(9-15(4,5)14(17)18)10(3)16(21(19)20)13(11)7-2/h6-8,10,21H,9H2,1-5H3,(H,17,18)/b11-6-,13-7+/t10-/m1/s1. The van der Waals surface area contributed by atoms with E-state index in [2.05, 4.69) is 0 Å². The number of hydrogen-bond donors (Lipinski definition) is 2. The predicted molar refractivity (Wildman–Crippen MR) is 83.2 cm³/mol. The van der Waals surface area contributed by atoms with Crippen LogP contribution in [0.15, 0.2) is 35.1 Å². The minimum Gasteiger partial charge on any atom is -0.481 e. The van der Waals surface area contributed by atoms with Gasteiger partial charge >= 0.3 is 5.97 Å². The molecular weight excluding hydrogens is 290 g/mol. The van der Waals surface area contributed by atoms with Gasteiger partial charge in [-0.15, -0.1) is 0 Å². The second kappa shape index (κ2) is 6.47. The summed E-state index contributed by atoms with van der Waals surface area (Å²) in [5.41, 5.74) is 1.30. The van der Waals surface area contributed by atoms with Gasteiger partial charge in [-0.3, -0.25) is 9.10 Å². The fraction of sp³-hybridized carbons (Fsp3) is 0.533. The Morgan fingerprint density at radius 3 is 2.33 bits per heavy atom. The quantitative estimate of drug-likeness (QED) is 0.782. The van der Waals surface area contributed by atoms with Gasteiger partial charge < -0.3 is 5.11 Å². The van der Waals surface area contributed by atoms with Crippen LogP contribution in [0.25, 0.3) is 0 Å². The molecule has 0 aromatic carbocycles. The van der Waals surface area contributed by atoms with E-state index in [0.717, 1.165) is 11.1 Å². The number of thiol groups is 1. The van der Waals surface area contributed by atoms with Gasteiger partial charge in [0, 0.05) is 0 Å². The van der Waals surface area contributed by atoms with Crippen LogP contribution in [0, 0.1) is 5.41 Å². The summed E-state index contributed by atoms with van der Waals surface area (Å²) in [5.74, 6) is -0.896. The van der Waals surface area contributed by atoms with Crippen LogP contribution in [-0.2, 0) is 15.7 Å². The Labute approximate surface area is 127 Å². The molecule has 5 nitrogen and oxygen atoms in total. The lowest BCUT2D eigenvalue weighted by Gasteiger charge is -2.36. The van der Waals surface area contributed by atoms with Crippen LogP contribution in [-0.4, -0.2) is 29.8 Å². The third kappa shape index (κ3) is 3.56. The summed E-state index contributed by atoms with van der Waals surface area (Å²) in [5, 5.41) is 9.27. The maximum absolute atomic E-state index is 11.6. The molecule has 1 heterocycles. The number of carbonyl (C=O) groups is 1. The van der Waals surface area contributed by atoms with Crippen LogP contribution in [0.4, 0.5) is 0 Å². The molecule has 118 valence electrons. The van der Waals surface area contributed by atoms with E-state index < -0.39 is 22.3 Å². The zero-order chi connectivity index (χ0) is 16.4. The summed E-state index contributed by atoms with van der Waals surface area (Å²) in [4.78, 5) is 11.3. The first-order valence-electron chi connectivity index (χ1n) is 6.86. The SMILES string of the molecule is C/C=C1/C=C(CC(C)(C)C(=O)O)[C@@H](C)N([SH](=O)=O)/C1=C/C. The Morgan fingerprint density at radius 1 is 1.38 bits per heavy atom. The Balaban J connectivity index is 3.34. The fourth-order valence-corrected chi connectivity index (χ4v) is 3.27. The second-order valence-corrected chi connectivity index (χ2v) is 6.67. The van der Waals surface area contributed by atoms with Crippen molar-refractivity contribution in [3.8, 4) is 0 Å². The van der Waals surface area contributed by atoms with Gasteiger partial charge in [-0.1, -0.05) is 18.2 Å².